The van der Waals surface area contributed by atoms with Crippen LogP contribution in [0.3, 0.4) is 0 Å². The highest BCUT2D eigenvalue weighted by atomic mass is 35.5. The molecule has 6 nitrogen and oxygen atoms in total. The first-order chi connectivity index (χ1) is 9.74. The minimum Gasteiger partial charge on any atom is -0.455 e. The van der Waals surface area contributed by atoms with Gasteiger partial charge in [0.2, 0.25) is 0 Å². The Morgan fingerprint density at radius 3 is 2.33 bits per heavy atom. The number of carbonyl (C=O) groups is 3. The molecule has 2 fully saturated rings. The van der Waals surface area contributed by atoms with Crippen LogP contribution in [0.25, 0.3) is 0 Å². The second-order valence-corrected chi connectivity index (χ2v) is 7.28. The normalized spacial score (nSPS) is 27.0. The molecule has 2 aliphatic rings. The number of amides is 3. The van der Waals surface area contributed by atoms with E-state index in [1.54, 1.807) is 6.92 Å². The molecule has 2 N–H and O–H groups in total. The molecule has 1 unspecified atom stereocenters. The maximum Gasteiger partial charge on any atom is 0.321 e. The molecule has 0 aromatic rings. The summed E-state index contributed by atoms with van der Waals surface area (Å²) in [7, 11) is 0. The van der Waals surface area contributed by atoms with Gasteiger partial charge in [0.15, 0.2) is 6.61 Å². The smallest absolute Gasteiger partial charge is 0.321 e. The van der Waals surface area contributed by atoms with Crippen molar-refractivity contribution in [2.45, 2.75) is 49.4 Å². The van der Waals surface area contributed by atoms with Crippen molar-refractivity contribution in [3.63, 3.8) is 0 Å². The van der Waals surface area contributed by atoms with Crippen LogP contribution in [0.15, 0.2) is 0 Å². The van der Waals surface area contributed by atoms with Crippen molar-refractivity contribution < 1.29 is 19.1 Å². The summed E-state index contributed by atoms with van der Waals surface area (Å²) in [4.78, 5) is 34.8. The summed E-state index contributed by atoms with van der Waals surface area (Å²) in [5, 5.41) is 4.82. The van der Waals surface area contributed by atoms with Gasteiger partial charge in [0.25, 0.3) is 5.91 Å². The van der Waals surface area contributed by atoms with Gasteiger partial charge in [0.05, 0.1) is 0 Å². The number of nitrogens with one attached hydrogen (secondary N) is 2. The van der Waals surface area contributed by atoms with E-state index in [4.69, 9.17) is 27.9 Å². The quantitative estimate of drug-likeness (QED) is 0.606. The monoisotopic (exact) mass is 336 g/mol. The van der Waals surface area contributed by atoms with Crippen molar-refractivity contribution in [3.05, 3.63) is 0 Å². The van der Waals surface area contributed by atoms with Crippen molar-refractivity contribution in [2.24, 2.45) is 5.41 Å². The van der Waals surface area contributed by atoms with Crippen LogP contribution in [-0.4, -0.2) is 34.9 Å². The number of urea groups is 1. The lowest BCUT2D eigenvalue weighted by molar-refractivity contribution is -0.153. The number of esters is 1. The number of hydrogen-bond acceptors (Lipinski definition) is 4. The SMILES string of the molecule is CC1(C(=O)OCC(=O)NC(=O)NC2CCCC2)CC1(Cl)Cl. The number of alkyl halides is 2. The van der Waals surface area contributed by atoms with Gasteiger partial charge in [-0.3, -0.25) is 14.9 Å². The van der Waals surface area contributed by atoms with Gasteiger partial charge in [0.1, 0.15) is 9.75 Å². The molecule has 0 aromatic heterocycles. The highest BCUT2D eigenvalue weighted by molar-refractivity contribution is 6.53. The van der Waals surface area contributed by atoms with E-state index in [9.17, 15) is 14.4 Å². The predicted molar refractivity (Wildman–Crippen MR) is 77.1 cm³/mol. The Labute approximate surface area is 132 Å². The van der Waals surface area contributed by atoms with E-state index < -0.39 is 34.3 Å². The highest BCUT2D eigenvalue weighted by Gasteiger charge is 2.69. The van der Waals surface area contributed by atoms with Crippen molar-refractivity contribution in [1.82, 2.24) is 10.6 Å². The third-order valence-electron chi connectivity index (χ3n) is 3.99. The number of hydrogen-bond donors (Lipinski definition) is 2. The van der Waals surface area contributed by atoms with Crippen LogP contribution in [0.2, 0.25) is 0 Å². The summed E-state index contributed by atoms with van der Waals surface area (Å²) >= 11 is 11.7. The van der Waals surface area contributed by atoms with Gasteiger partial charge in [0, 0.05) is 12.5 Å². The molecule has 2 aliphatic carbocycles. The van der Waals surface area contributed by atoms with E-state index in [0.717, 1.165) is 25.7 Å². The molecule has 3 amide bonds. The Morgan fingerprint density at radius 1 is 1.24 bits per heavy atom. The standard InChI is InChI=1S/C13H18Cl2N2O4/c1-12(7-13(12,14)15)10(19)21-6-9(18)17-11(20)16-8-4-2-3-5-8/h8H,2-7H2,1H3,(H2,16,17,18,20). The molecular weight excluding hydrogens is 319 g/mol. The van der Waals surface area contributed by atoms with E-state index in [2.05, 4.69) is 10.6 Å². The molecule has 0 bridgehead atoms. The first-order valence-corrected chi connectivity index (χ1v) is 7.65. The fourth-order valence-electron chi connectivity index (χ4n) is 2.37. The molecule has 21 heavy (non-hydrogen) atoms. The Morgan fingerprint density at radius 2 is 1.81 bits per heavy atom. The van der Waals surface area contributed by atoms with Crippen LogP contribution >= 0.6 is 23.2 Å². The zero-order valence-corrected chi connectivity index (χ0v) is 13.2. The van der Waals surface area contributed by atoms with E-state index in [0.29, 0.717) is 0 Å². The molecule has 0 aliphatic heterocycles. The summed E-state index contributed by atoms with van der Waals surface area (Å²) in [6.45, 7) is 1.04. The number of rotatable bonds is 4. The Kier molecular flexibility index (Phi) is 4.68. The van der Waals surface area contributed by atoms with Gasteiger partial charge in [-0.15, -0.1) is 23.2 Å². The Hall–Kier alpha value is -1.01. The van der Waals surface area contributed by atoms with Crippen LogP contribution in [0, 0.1) is 5.41 Å². The number of ether oxygens (including phenoxy) is 1. The average Bonchev–Trinajstić information content (AvgIpc) is 2.78. The van der Waals surface area contributed by atoms with Gasteiger partial charge in [-0.25, -0.2) is 4.79 Å². The molecule has 1 atom stereocenters. The maximum atomic E-state index is 11.7. The Balaban J connectivity index is 1.68. The molecule has 118 valence electrons. The maximum absolute atomic E-state index is 11.7. The lowest BCUT2D eigenvalue weighted by Gasteiger charge is -2.13. The zero-order valence-electron chi connectivity index (χ0n) is 11.7. The molecule has 0 saturated heterocycles. The van der Waals surface area contributed by atoms with E-state index in [-0.39, 0.29) is 12.5 Å². The van der Waals surface area contributed by atoms with Gasteiger partial charge in [-0.2, -0.15) is 0 Å². The fourth-order valence-corrected chi connectivity index (χ4v) is 3.05. The zero-order chi connectivity index (χ0) is 15.7. The lowest BCUT2D eigenvalue weighted by Crippen LogP contribution is -2.45. The summed E-state index contributed by atoms with van der Waals surface area (Å²) in [6.07, 6.45) is 4.28. The second kappa shape index (κ2) is 6.01. The molecule has 2 saturated carbocycles. The van der Waals surface area contributed by atoms with E-state index in [1.165, 1.54) is 0 Å². The predicted octanol–water partition coefficient (Wildman–Crippen LogP) is 1.88. The average molecular weight is 337 g/mol. The molecule has 2 rings (SSSR count). The van der Waals surface area contributed by atoms with Crippen molar-refractivity contribution in [1.29, 1.82) is 0 Å². The minimum atomic E-state index is -1.14. The molecule has 0 spiro atoms. The molecule has 0 heterocycles. The van der Waals surface area contributed by atoms with Crippen LogP contribution in [0.5, 0.6) is 0 Å². The third-order valence-corrected chi connectivity index (χ3v) is 5.09. The molecular formula is C13H18Cl2N2O4. The van der Waals surface area contributed by atoms with Crippen molar-refractivity contribution in [2.75, 3.05) is 6.61 Å². The first kappa shape index (κ1) is 16.4. The van der Waals surface area contributed by atoms with E-state index >= 15 is 0 Å². The molecule has 0 aromatic carbocycles. The fraction of sp³-hybridized carbons (Fsp3) is 0.769. The summed E-state index contributed by atoms with van der Waals surface area (Å²) < 4.78 is 3.70. The Bertz CT molecular complexity index is 463. The summed E-state index contributed by atoms with van der Waals surface area (Å²) in [5.41, 5.74) is -0.984. The summed E-state index contributed by atoms with van der Waals surface area (Å²) in [6, 6.07) is -0.455. The second-order valence-electron chi connectivity index (χ2n) is 5.79. The minimum absolute atomic E-state index is 0.110. The van der Waals surface area contributed by atoms with Crippen LogP contribution in [0.1, 0.15) is 39.0 Å². The third kappa shape index (κ3) is 3.80. The van der Waals surface area contributed by atoms with Gasteiger partial charge in [-0.1, -0.05) is 12.8 Å². The molecule has 0 radical (unpaired) electrons. The van der Waals surface area contributed by atoms with E-state index in [1.807, 2.05) is 0 Å². The first-order valence-electron chi connectivity index (χ1n) is 6.90. The van der Waals surface area contributed by atoms with Gasteiger partial charge < -0.3 is 10.1 Å². The van der Waals surface area contributed by atoms with Gasteiger partial charge in [-0.05, 0) is 19.8 Å². The van der Waals surface area contributed by atoms with Crippen molar-refractivity contribution in [3.8, 4) is 0 Å². The summed E-state index contributed by atoms with van der Waals surface area (Å²) in [5.74, 6) is -1.32. The topological polar surface area (TPSA) is 84.5 Å². The van der Waals surface area contributed by atoms with Crippen LogP contribution in [0.4, 0.5) is 4.79 Å². The molecule has 8 heteroatoms. The van der Waals surface area contributed by atoms with Crippen LogP contribution in [-0.2, 0) is 14.3 Å². The number of carbonyl (C=O) groups excluding carboxylic acids is 3. The van der Waals surface area contributed by atoms with Crippen molar-refractivity contribution >= 4 is 41.1 Å². The largest absolute Gasteiger partial charge is 0.455 e. The number of halogens is 2. The van der Waals surface area contributed by atoms with Gasteiger partial charge >= 0.3 is 12.0 Å². The van der Waals surface area contributed by atoms with Crippen LogP contribution < -0.4 is 10.6 Å². The lowest BCUT2D eigenvalue weighted by atomic mass is 10.1. The highest BCUT2D eigenvalue weighted by Crippen LogP contribution is 2.64. The number of imide groups is 1.